The van der Waals surface area contributed by atoms with Crippen molar-refractivity contribution < 1.29 is 35.6 Å². The molecule has 2 amide bonds. The fourth-order valence-electron chi connectivity index (χ4n) is 4.16. The molecule has 220 valence electrons. The van der Waals surface area contributed by atoms with Crippen molar-refractivity contribution in [3.05, 3.63) is 101 Å². The van der Waals surface area contributed by atoms with Gasteiger partial charge in [-0.05, 0) is 47.9 Å². The number of sulfonamides is 1. The van der Waals surface area contributed by atoms with E-state index in [-0.39, 0.29) is 18.7 Å². The molecule has 7 nitrogen and oxygen atoms in total. The van der Waals surface area contributed by atoms with Crippen LogP contribution in [-0.4, -0.2) is 50.5 Å². The molecule has 0 heterocycles. The second kappa shape index (κ2) is 13.6. The molecule has 0 radical (unpaired) electrons. The van der Waals surface area contributed by atoms with Gasteiger partial charge in [-0.1, -0.05) is 55.5 Å². The van der Waals surface area contributed by atoms with Gasteiger partial charge in [-0.3, -0.25) is 13.9 Å². The second-order valence-electron chi connectivity index (χ2n) is 9.46. The summed E-state index contributed by atoms with van der Waals surface area (Å²) < 4.78 is 79.8. The first-order chi connectivity index (χ1) is 19.3. The Balaban J connectivity index is 2.06. The molecular formula is C29H31F4N3O4S. The zero-order valence-electron chi connectivity index (χ0n) is 22.6. The van der Waals surface area contributed by atoms with Crippen LogP contribution < -0.4 is 9.62 Å². The Bertz CT molecular complexity index is 1430. The molecule has 0 aromatic heterocycles. The van der Waals surface area contributed by atoms with Gasteiger partial charge >= 0.3 is 6.18 Å². The summed E-state index contributed by atoms with van der Waals surface area (Å²) in [5.74, 6) is -1.83. The first kappa shape index (κ1) is 31.6. The maximum atomic E-state index is 13.9. The van der Waals surface area contributed by atoms with E-state index in [9.17, 15) is 35.6 Å². The average Bonchev–Trinajstić information content (AvgIpc) is 2.92. The number of alkyl halides is 3. The number of anilines is 1. The molecule has 0 aliphatic heterocycles. The van der Waals surface area contributed by atoms with Crippen molar-refractivity contribution in [3.63, 3.8) is 0 Å². The number of benzene rings is 3. The third kappa shape index (κ3) is 9.04. The Kier molecular flexibility index (Phi) is 10.5. The molecule has 0 spiro atoms. The smallest absolute Gasteiger partial charge is 0.354 e. The summed E-state index contributed by atoms with van der Waals surface area (Å²) in [6, 6.07) is 16.6. The van der Waals surface area contributed by atoms with E-state index >= 15 is 0 Å². The normalized spacial score (nSPS) is 12.4. The first-order valence-corrected chi connectivity index (χ1v) is 14.6. The molecule has 3 aromatic carbocycles. The van der Waals surface area contributed by atoms with E-state index in [4.69, 9.17) is 0 Å². The van der Waals surface area contributed by atoms with E-state index in [2.05, 4.69) is 5.32 Å². The Hall–Kier alpha value is -3.93. The minimum absolute atomic E-state index is 0.0752. The average molecular weight is 594 g/mol. The van der Waals surface area contributed by atoms with Gasteiger partial charge in [0.2, 0.25) is 21.8 Å². The van der Waals surface area contributed by atoms with Crippen LogP contribution >= 0.6 is 0 Å². The number of carbonyl (C=O) groups excluding carboxylic acids is 2. The van der Waals surface area contributed by atoms with Crippen LogP contribution in [0.1, 0.15) is 30.0 Å². The molecule has 0 saturated carbocycles. The van der Waals surface area contributed by atoms with Gasteiger partial charge in [0.1, 0.15) is 18.4 Å². The molecule has 0 unspecified atom stereocenters. The third-order valence-corrected chi connectivity index (χ3v) is 7.37. The Morgan fingerprint density at radius 3 is 2.17 bits per heavy atom. The van der Waals surface area contributed by atoms with Crippen LogP contribution in [0.2, 0.25) is 0 Å². The van der Waals surface area contributed by atoms with Gasteiger partial charge < -0.3 is 10.2 Å². The van der Waals surface area contributed by atoms with E-state index in [0.717, 1.165) is 30.0 Å². The topological polar surface area (TPSA) is 86.8 Å². The number of hydrogen-bond acceptors (Lipinski definition) is 4. The highest BCUT2D eigenvalue weighted by Gasteiger charge is 2.35. The van der Waals surface area contributed by atoms with Crippen molar-refractivity contribution in [3.8, 4) is 0 Å². The van der Waals surface area contributed by atoms with Crippen LogP contribution in [0.3, 0.4) is 0 Å². The van der Waals surface area contributed by atoms with Crippen LogP contribution in [0.15, 0.2) is 78.9 Å². The van der Waals surface area contributed by atoms with Gasteiger partial charge in [-0.2, -0.15) is 13.2 Å². The Labute approximate surface area is 236 Å². The predicted octanol–water partition coefficient (Wildman–Crippen LogP) is 4.78. The summed E-state index contributed by atoms with van der Waals surface area (Å²) in [7, 11) is -4.24. The van der Waals surface area contributed by atoms with Crippen molar-refractivity contribution in [2.45, 2.75) is 38.5 Å². The lowest BCUT2D eigenvalue weighted by atomic mass is 10.0. The van der Waals surface area contributed by atoms with E-state index < -0.39 is 52.0 Å². The molecule has 1 atom stereocenters. The Morgan fingerprint density at radius 2 is 1.59 bits per heavy atom. The van der Waals surface area contributed by atoms with Gasteiger partial charge in [0.25, 0.3) is 0 Å². The van der Waals surface area contributed by atoms with Crippen LogP contribution in [0, 0.1) is 5.82 Å². The molecule has 0 saturated heterocycles. The number of hydrogen-bond donors (Lipinski definition) is 1. The highest BCUT2D eigenvalue weighted by atomic mass is 32.2. The summed E-state index contributed by atoms with van der Waals surface area (Å²) in [6.45, 7) is 1.12. The van der Waals surface area contributed by atoms with E-state index in [1.807, 2.05) is 6.92 Å². The number of amides is 2. The largest absolute Gasteiger partial charge is 0.416 e. The van der Waals surface area contributed by atoms with Gasteiger partial charge in [0.05, 0.1) is 17.5 Å². The summed E-state index contributed by atoms with van der Waals surface area (Å²) in [5, 5.41) is 2.77. The number of nitrogens with zero attached hydrogens (tertiary/aromatic N) is 2. The van der Waals surface area contributed by atoms with E-state index in [0.29, 0.717) is 28.9 Å². The van der Waals surface area contributed by atoms with Crippen molar-refractivity contribution in [1.82, 2.24) is 10.2 Å². The summed E-state index contributed by atoms with van der Waals surface area (Å²) in [6.07, 6.45) is -3.27. The fourth-order valence-corrected chi connectivity index (χ4v) is 5.00. The standard InChI is InChI=1S/C29H31F4N3O4S/c1-3-16-34-28(38)26(17-21-8-5-4-6-9-21)35(19-22-12-14-24(30)15-13-22)27(37)20-36(41(2,39)40)25-11-7-10-23(18-25)29(31,32)33/h4-15,18,26H,3,16-17,19-20H2,1-2H3,(H,34,38)/t26-/m0/s1. The predicted molar refractivity (Wildman–Crippen MR) is 148 cm³/mol. The van der Waals surface area contributed by atoms with Crippen LogP contribution in [0.5, 0.6) is 0 Å². The van der Waals surface area contributed by atoms with Gasteiger partial charge in [-0.15, -0.1) is 0 Å². The van der Waals surface area contributed by atoms with Crippen molar-refractivity contribution >= 4 is 27.5 Å². The first-order valence-electron chi connectivity index (χ1n) is 12.8. The molecule has 0 aliphatic rings. The molecule has 3 rings (SSSR count). The SMILES string of the molecule is CCCNC(=O)[C@H](Cc1ccccc1)N(Cc1ccc(F)cc1)C(=O)CN(c1cccc(C(F)(F)F)c1)S(C)(=O)=O. The lowest BCUT2D eigenvalue weighted by Gasteiger charge is -2.33. The molecular weight excluding hydrogens is 562 g/mol. The molecule has 3 aromatic rings. The molecule has 1 N–H and O–H groups in total. The van der Waals surface area contributed by atoms with Crippen molar-refractivity contribution in [2.75, 3.05) is 23.7 Å². The molecule has 12 heteroatoms. The summed E-state index contributed by atoms with van der Waals surface area (Å²) in [4.78, 5) is 28.4. The quantitative estimate of drug-likeness (QED) is 0.307. The molecule has 0 aliphatic carbocycles. The maximum absolute atomic E-state index is 13.9. The van der Waals surface area contributed by atoms with Crippen molar-refractivity contribution in [2.24, 2.45) is 0 Å². The Morgan fingerprint density at radius 1 is 0.927 bits per heavy atom. The minimum atomic E-state index is -4.74. The molecule has 41 heavy (non-hydrogen) atoms. The van der Waals surface area contributed by atoms with Crippen LogP contribution in [0.4, 0.5) is 23.2 Å². The van der Waals surface area contributed by atoms with Gasteiger partial charge in [0, 0.05) is 19.5 Å². The number of rotatable bonds is 12. The van der Waals surface area contributed by atoms with Crippen molar-refractivity contribution in [1.29, 1.82) is 0 Å². The van der Waals surface area contributed by atoms with E-state index in [1.165, 1.54) is 29.2 Å². The summed E-state index contributed by atoms with van der Waals surface area (Å²) >= 11 is 0. The number of carbonyl (C=O) groups is 2. The highest BCUT2D eigenvalue weighted by Crippen LogP contribution is 2.32. The number of nitrogens with one attached hydrogen (secondary N) is 1. The highest BCUT2D eigenvalue weighted by molar-refractivity contribution is 7.92. The monoisotopic (exact) mass is 593 g/mol. The van der Waals surface area contributed by atoms with Crippen LogP contribution in [-0.2, 0) is 38.8 Å². The lowest BCUT2D eigenvalue weighted by molar-refractivity contribution is -0.140. The number of halogens is 4. The zero-order chi connectivity index (χ0) is 30.2. The second-order valence-corrected chi connectivity index (χ2v) is 11.4. The molecule has 0 fully saturated rings. The maximum Gasteiger partial charge on any atom is 0.416 e. The minimum Gasteiger partial charge on any atom is -0.354 e. The van der Waals surface area contributed by atoms with Gasteiger partial charge in [-0.25, -0.2) is 12.8 Å². The lowest BCUT2D eigenvalue weighted by Crippen LogP contribution is -2.53. The van der Waals surface area contributed by atoms with Crippen LogP contribution in [0.25, 0.3) is 0 Å². The summed E-state index contributed by atoms with van der Waals surface area (Å²) in [5.41, 5.74) is -0.252. The third-order valence-electron chi connectivity index (χ3n) is 6.23. The fraction of sp³-hybridized carbons (Fsp3) is 0.310. The van der Waals surface area contributed by atoms with E-state index in [1.54, 1.807) is 30.3 Å². The molecule has 0 bridgehead atoms. The zero-order valence-corrected chi connectivity index (χ0v) is 23.4. The van der Waals surface area contributed by atoms with Gasteiger partial charge in [0.15, 0.2) is 0 Å².